The normalized spacial score (nSPS) is 10.2. The fraction of sp³-hybridized carbons (Fsp3) is 0.519. The molecular weight excluding hydrogens is 941 g/mol. The second kappa shape index (κ2) is 85.9. The molecule has 1 fully saturated rings. The van der Waals surface area contributed by atoms with Gasteiger partial charge in [0.15, 0.2) is 5.78 Å². The van der Waals surface area contributed by atoms with Crippen molar-refractivity contribution < 1.29 is 4.79 Å². The number of rotatable bonds is 2. The van der Waals surface area contributed by atoms with Gasteiger partial charge < -0.3 is 0 Å². The average molecular weight is 1080 g/mol. The van der Waals surface area contributed by atoms with Crippen LogP contribution in [-0.2, 0) is 19.3 Å². The summed E-state index contributed by atoms with van der Waals surface area (Å²) in [6.45, 7) is 60.0. The first kappa shape index (κ1) is 95.3. The van der Waals surface area contributed by atoms with E-state index in [0.29, 0.717) is 11.2 Å². The average Bonchev–Trinajstić information content (AvgIpc) is 3.97. The van der Waals surface area contributed by atoms with E-state index in [-0.39, 0.29) is 0 Å². The highest BCUT2D eigenvalue weighted by Crippen LogP contribution is 2.46. The van der Waals surface area contributed by atoms with Gasteiger partial charge in [0.2, 0.25) is 0 Å². The fourth-order valence-corrected chi connectivity index (χ4v) is 7.40. The molecule has 0 radical (unpaired) electrons. The number of benzene rings is 6. The summed E-state index contributed by atoms with van der Waals surface area (Å²) in [5.41, 5.74) is 11.1. The van der Waals surface area contributed by atoms with Gasteiger partial charge in [-0.2, -0.15) is 0 Å². The maximum atomic E-state index is 12.2. The maximum absolute atomic E-state index is 12.2. The summed E-state index contributed by atoms with van der Waals surface area (Å²) < 4.78 is 0. The molecule has 6 aromatic rings. The van der Waals surface area contributed by atoms with Crippen LogP contribution < -0.4 is 0 Å². The van der Waals surface area contributed by atoms with E-state index in [9.17, 15) is 4.79 Å². The Hall–Kier alpha value is -5.01. The molecule has 0 amide bonds. The highest BCUT2D eigenvalue weighted by molar-refractivity contribution is 5.99. The van der Waals surface area contributed by atoms with Crippen LogP contribution in [0.25, 0.3) is 11.1 Å². The molecule has 6 aromatic carbocycles. The molecule has 0 aliphatic heterocycles. The molecule has 78 heavy (non-hydrogen) atoms. The standard InChI is InChI=1S/C15H18O.C13H10.C13H12.C6H6.15C2H6/c16-14-11-15(8-4-1-5-9-15)10-12-6-2-3-7-13(12)14;1-3-7-12-10(5-1)9-11-6-2-4-8-13(11)12;1-3-7-12(8-4-1)11-13-9-5-2-6-10-13;1-2-4-6-5-3-1;15*1-2/h2-3,6-7H,1,4-5,8-11H2;1-8H,9H2;1-10H,11H2;1-6H;15*1-2H3. The van der Waals surface area contributed by atoms with Crippen LogP contribution in [0.2, 0.25) is 0 Å². The third-order valence-corrected chi connectivity index (χ3v) is 9.80. The molecule has 3 aliphatic carbocycles. The summed E-state index contributed by atoms with van der Waals surface area (Å²) in [6.07, 6.45) is 10.6. The molecule has 0 bridgehead atoms. The van der Waals surface area contributed by atoms with Crippen molar-refractivity contribution in [3.63, 3.8) is 0 Å². The molecule has 1 spiro atoms. The summed E-state index contributed by atoms with van der Waals surface area (Å²) in [4.78, 5) is 12.2. The Morgan fingerprint density at radius 3 is 0.821 bits per heavy atom. The zero-order valence-corrected chi connectivity index (χ0v) is 57.9. The molecule has 0 atom stereocenters. The summed E-state index contributed by atoms with van der Waals surface area (Å²) in [7, 11) is 0. The maximum Gasteiger partial charge on any atom is 0.163 e. The van der Waals surface area contributed by atoms with Crippen molar-refractivity contribution in [2.24, 2.45) is 5.41 Å². The van der Waals surface area contributed by atoms with E-state index in [4.69, 9.17) is 0 Å². The Balaban J connectivity index is -0.0000000865. The van der Waals surface area contributed by atoms with Gasteiger partial charge in [-0.1, -0.05) is 397 Å². The summed E-state index contributed by atoms with van der Waals surface area (Å²) >= 11 is 0. The number of carbonyl (C=O) groups is 1. The summed E-state index contributed by atoms with van der Waals surface area (Å²) in [6, 6.07) is 58.6. The van der Waals surface area contributed by atoms with Crippen LogP contribution >= 0.6 is 0 Å². The van der Waals surface area contributed by atoms with Crippen molar-refractivity contribution in [1.82, 2.24) is 0 Å². The molecule has 0 heterocycles. The van der Waals surface area contributed by atoms with Gasteiger partial charge in [0, 0.05) is 12.0 Å². The van der Waals surface area contributed by atoms with Crippen molar-refractivity contribution in [2.45, 2.75) is 265 Å². The quantitative estimate of drug-likeness (QED) is 0.169. The number of hydrogen-bond donors (Lipinski definition) is 0. The molecule has 0 unspecified atom stereocenters. The first-order chi connectivity index (χ1) is 38.7. The van der Waals surface area contributed by atoms with E-state index >= 15 is 0 Å². The van der Waals surface area contributed by atoms with Gasteiger partial charge in [0.1, 0.15) is 0 Å². The Morgan fingerprint density at radius 2 is 0.513 bits per heavy atom. The smallest absolute Gasteiger partial charge is 0.163 e. The Labute approximate surface area is 493 Å². The second-order valence-electron chi connectivity index (χ2n) is 13.3. The molecule has 0 aromatic heterocycles. The molecule has 0 saturated heterocycles. The lowest BCUT2D eigenvalue weighted by Crippen LogP contribution is -2.34. The SMILES string of the molecule is CC.CC.CC.CC.CC.CC.CC.CC.CC.CC.CC.CC.CC.CC.CC.O=C1CC2(CCCCC2)Cc2ccccc21.c1ccc(Cc2ccccc2)cc1.c1ccc2c(c1)Cc1ccccc1-2.c1ccccc1. The number of Topliss-reactive ketones (excluding diaryl/α,β-unsaturated/α-hetero) is 1. The second-order valence-corrected chi connectivity index (χ2v) is 13.3. The zero-order chi connectivity index (χ0) is 62.9. The Morgan fingerprint density at radius 1 is 0.269 bits per heavy atom. The third-order valence-electron chi connectivity index (χ3n) is 9.80. The van der Waals surface area contributed by atoms with Gasteiger partial charge >= 0.3 is 0 Å². The predicted octanol–water partition coefficient (Wildman–Crippen LogP) is 27.4. The molecule has 1 nitrogen and oxygen atoms in total. The topological polar surface area (TPSA) is 17.1 Å². The van der Waals surface area contributed by atoms with Crippen molar-refractivity contribution in [1.29, 1.82) is 0 Å². The van der Waals surface area contributed by atoms with Crippen LogP contribution in [0.15, 0.2) is 170 Å². The van der Waals surface area contributed by atoms with Crippen LogP contribution in [0.4, 0.5) is 0 Å². The highest BCUT2D eigenvalue weighted by atomic mass is 16.1. The van der Waals surface area contributed by atoms with Gasteiger partial charge in [-0.15, -0.1) is 0 Å². The minimum Gasteiger partial charge on any atom is -0.294 e. The molecular formula is C77H136O. The fourth-order valence-electron chi connectivity index (χ4n) is 7.40. The molecule has 9 rings (SSSR count). The van der Waals surface area contributed by atoms with Crippen molar-refractivity contribution >= 4 is 5.78 Å². The number of carbonyl (C=O) groups excluding carboxylic acids is 1. The molecule has 450 valence electrons. The third kappa shape index (κ3) is 47.0. The van der Waals surface area contributed by atoms with Crippen LogP contribution in [0.5, 0.6) is 0 Å². The van der Waals surface area contributed by atoms with E-state index in [0.717, 1.165) is 31.2 Å². The minimum absolute atomic E-state index is 0.323. The molecule has 1 heteroatoms. The van der Waals surface area contributed by atoms with E-state index in [1.54, 1.807) is 0 Å². The lowest BCUT2D eigenvalue weighted by atomic mass is 9.63. The van der Waals surface area contributed by atoms with Crippen LogP contribution in [-0.4, -0.2) is 5.78 Å². The van der Waals surface area contributed by atoms with Crippen LogP contribution in [0.3, 0.4) is 0 Å². The largest absolute Gasteiger partial charge is 0.294 e. The lowest BCUT2D eigenvalue weighted by molar-refractivity contribution is 0.0822. The monoisotopic (exact) mass is 1080 g/mol. The lowest BCUT2D eigenvalue weighted by Gasteiger charge is -2.40. The first-order valence-corrected chi connectivity index (χ1v) is 32.5. The molecule has 0 N–H and O–H groups in total. The summed E-state index contributed by atoms with van der Waals surface area (Å²) in [5, 5.41) is 0. The number of ketones is 1. The Bertz CT molecular complexity index is 1740. The van der Waals surface area contributed by atoms with Gasteiger partial charge in [0.25, 0.3) is 0 Å². The van der Waals surface area contributed by atoms with E-state index in [2.05, 4.69) is 121 Å². The highest BCUT2D eigenvalue weighted by Gasteiger charge is 2.38. The van der Waals surface area contributed by atoms with E-state index < -0.39 is 0 Å². The van der Waals surface area contributed by atoms with Gasteiger partial charge in [0.05, 0.1) is 0 Å². The summed E-state index contributed by atoms with van der Waals surface area (Å²) in [5.74, 6) is 0.378. The van der Waals surface area contributed by atoms with E-state index in [1.807, 2.05) is 256 Å². The molecule has 3 aliphatic rings. The van der Waals surface area contributed by atoms with Crippen LogP contribution in [0, 0.1) is 5.41 Å². The molecule has 1 saturated carbocycles. The van der Waals surface area contributed by atoms with Crippen molar-refractivity contribution in [2.75, 3.05) is 0 Å². The van der Waals surface area contributed by atoms with E-state index in [1.165, 1.54) is 71.0 Å². The van der Waals surface area contributed by atoms with Crippen LogP contribution in [0.1, 0.15) is 284 Å². The predicted molar refractivity (Wildman–Crippen MR) is 372 cm³/mol. The number of hydrogen-bond acceptors (Lipinski definition) is 1. The number of fused-ring (bicyclic) bond motifs is 4. The first-order valence-electron chi connectivity index (χ1n) is 32.5. The van der Waals surface area contributed by atoms with Gasteiger partial charge in [-0.25, -0.2) is 0 Å². The van der Waals surface area contributed by atoms with Crippen molar-refractivity contribution in [3.05, 3.63) is 203 Å². The van der Waals surface area contributed by atoms with Gasteiger partial charge in [-0.3, -0.25) is 4.79 Å². The minimum atomic E-state index is 0.323. The van der Waals surface area contributed by atoms with Crippen molar-refractivity contribution in [3.8, 4) is 11.1 Å². The Kier molecular flexibility index (Phi) is 105. The van der Waals surface area contributed by atoms with Gasteiger partial charge in [-0.05, 0) is 76.5 Å². The zero-order valence-electron chi connectivity index (χ0n) is 57.9.